The zero-order valence-electron chi connectivity index (χ0n) is 15.9. The molecular formula is C22H26F2N2. The summed E-state index contributed by atoms with van der Waals surface area (Å²) in [7, 11) is 0. The molecule has 2 aromatic rings. The van der Waals surface area contributed by atoms with Gasteiger partial charge in [0.05, 0.1) is 5.69 Å². The van der Waals surface area contributed by atoms with Crippen LogP contribution in [0, 0.1) is 11.6 Å². The molecule has 2 nitrogen and oxygen atoms in total. The van der Waals surface area contributed by atoms with Crippen molar-refractivity contribution in [2.45, 2.75) is 52.0 Å². The zero-order chi connectivity index (χ0) is 18.9. The Morgan fingerprint density at radius 2 is 1.96 bits per heavy atom. The van der Waals surface area contributed by atoms with Crippen molar-refractivity contribution in [3.63, 3.8) is 0 Å². The first-order valence-corrected chi connectivity index (χ1v) is 9.22. The molecule has 1 aliphatic heterocycles. The summed E-state index contributed by atoms with van der Waals surface area (Å²) >= 11 is 0. The minimum atomic E-state index is -0.650. The van der Waals surface area contributed by atoms with Crippen molar-refractivity contribution in [3.8, 4) is 0 Å². The molecule has 0 fully saturated rings. The SMILES string of the molecule is CCCN1c2ccc(C=Nc3ccc(F)cc3F)cc2C(C)CC1(C)C. The highest BCUT2D eigenvalue weighted by Gasteiger charge is 2.35. The van der Waals surface area contributed by atoms with Crippen LogP contribution in [0.4, 0.5) is 20.2 Å². The minimum Gasteiger partial charge on any atom is -0.366 e. The number of rotatable bonds is 4. The third-order valence-corrected chi connectivity index (χ3v) is 5.12. The summed E-state index contributed by atoms with van der Waals surface area (Å²) in [5.74, 6) is -0.796. The van der Waals surface area contributed by atoms with E-state index in [2.05, 4.69) is 49.7 Å². The number of halogens is 2. The fourth-order valence-corrected chi connectivity index (χ4v) is 3.97. The van der Waals surface area contributed by atoms with E-state index in [1.807, 2.05) is 6.07 Å². The summed E-state index contributed by atoms with van der Waals surface area (Å²) in [4.78, 5) is 6.68. The van der Waals surface area contributed by atoms with E-state index in [9.17, 15) is 8.78 Å². The van der Waals surface area contributed by atoms with Crippen LogP contribution in [0.3, 0.4) is 0 Å². The molecule has 0 radical (unpaired) electrons. The maximum Gasteiger partial charge on any atom is 0.151 e. The second kappa shape index (κ2) is 7.18. The Balaban J connectivity index is 1.93. The fourth-order valence-electron chi connectivity index (χ4n) is 3.97. The zero-order valence-corrected chi connectivity index (χ0v) is 15.9. The first-order valence-electron chi connectivity index (χ1n) is 9.22. The van der Waals surface area contributed by atoms with Crippen molar-refractivity contribution in [1.29, 1.82) is 0 Å². The van der Waals surface area contributed by atoms with Gasteiger partial charge >= 0.3 is 0 Å². The lowest BCUT2D eigenvalue weighted by molar-refractivity contribution is 0.376. The molecule has 1 heterocycles. The van der Waals surface area contributed by atoms with Gasteiger partial charge in [-0.2, -0.15) is 0 Å². The number of nitrogens with zero attached hydrogens (tertiary/aromatic N) is 2. The number of aliphatic imine (C=N–C) groups is 1. The van der Waals surface area contributed by atoms with Crippen molar-refractivity contribution in [1.82, 2.24) is 0 Å². The van der Waals surface area contributed by atoms with Gasteiger partial charge in [0.2, 0.25) is 0 Å². The Labute approximate surface area is 154 Å². The number of hydrogen-bond acceptors (Lipinski definition) is 2. The van der Waals surface area contributed by atoms with E-state index < -0.39 is 11.6 Å². The van der Waals surface area contributed by atoms with Crippen LogP contribution >= 0.6 is 0 Å². The standard InChI is InChI=1S/C22H26F2N2/c1-5-10-26-21-9-6-16(11-18(21)15(2)13-22(26,3)4)14-25-20-8-7-17(23)12-19(20)24/h6-9,11-12,14-15H,5,10,13H2,1-4H3. The second-order valence-corrected chi connectivity index (χ2v) is 7.74. The van der Waals surface area contributed by atoms with E-state index in [-0.39, 0.29) is 11.2 Å². The molecule has 0 saturated carbocycles. The van der Waals surface area contributed by atoms with E-state index in [1.165, 1.54) is 23.4 Å². The predicted octanol–water partition coefficient (Wildman–Crippen LogP) is 6.22. The molecule has 26 heavy (non-hydrogen) atoms. The van der Waals surface area contributed by atoms with Crippen LogP contribution in [-0.2, 0) is 0 Å². The first-order chi connectivity index (χ1) is 12.3. The van der Waals surface area contributed by atoms with E-state index in [0.717, 1.165) is 31.0 Å². The Kier molecular flexibility index (Phi) is 5.12. The Bertz CT molecular complexity index is 827. The quantitative estimate of drug-likeness (QED) is 0.594. The summed E-state index contributed by atoms with van der Waals surface area (Å²) in [6.45, 7) is 10.1. The van der Waals surface area contributed by atoms with Crippen molar-refractivity contribution in [2.24, 2.45) is 4.99 Å². The van der Waals surface area contributed by atoms with Gasteiger partial charge < -0.3 is 4.90 Å². The minimum absolute atomic E-state index is 0.134. The second-order valence-electron chi connectivity index (χ2n) is 7.74. The van der Waals surface area contributed by atoms with Crippen LogP contribution in [0.5, 0.6) is 0 Å². The van der Waals surface area contributed by atoms with E-state index in [0.29, 0.717) is 5.92 Å². The van der Waals surface area contributed by atoms with Crippen LogP contribution < -0.4 is 4.90 Å². The molecule has 1 atom stereocenters. The topological polar surface area (TPSA) is 15.6 Å². The van der Waals surface area contributed by atoms with E-state index in [1.54, 1.807) is 6.21 Å². The smallest absolute Gasteiger partial charge is 0.151 e. The van der Waals surface area contributed by atoms with Gasteiger partial charge in [-0.1, -0.05) is 19.9 Å². The van der Waals surface area contributed by atoms with Crippen molar-refractivity contribution < 1.29 is 8.78 Å². The monoisotopic (exact) mass is 356 g/mol. The molecule has 0 aromatic heterocycles. The predicted molar refractivity (Wildman–Crippen MR) is 105 cm³/mol. The van der Waals surface area contributed by atoms with E-state index in [4.69, 9.17) is 0 Å². The van der Waals surface area contributed by atoms with Crippen molar-refractivity contribution in [3.05, 3.63) is 59.2 Å². The highest BCUT2D eigenvalue weighted by atomic mass is 19.1. The lowest BCUT2D eigenvalue weighted by Gasteiger charge is -2.47. The number of anilines is 1. The molecule has 2 aromatic carbocycles. The van der Waals surface area contributed by atoms with Gasteiger partial charge in [0, 0.05) is 30.1 Å². The van der Waals surface area contributed by atoms with Crippen LogP contribution in [0.2, 0.25) is 0 Å². The molecule has 0 amide bonds. The van der Waals surface area contributed by atoms with Gasteiger partial charge in [0.1, 0.15) is 5.82 Å². The van der Waals surface area contributed by atoms with Gasteiger partial charge in [0.15, 0.2) is 5.82 Å². The molecule has 138 valence electrons. The third kappa shape index (κ3) is 3.64. The molecule has 1 unspecified atom stereocenters. The molecule has 1 aliphatic rings. The fraction of sp³-hybridized carbons (Fsp3) is 0.409. The van der Waals surface area contributed by atoms with Gasteiger partial charge in [-0.3, -0.25) is 4.99 Å². The van der Waals surface area contributed by atoms with Gasteiger partial charge in [-0.05, 0) is 68.0 Å². The molecule has 0 aliphatic carbocycles. The molecule has 0 bridgehead atoms. The highest BCUT2D eigenvalue weighted by Crippen LogP contribution is 2.43. The van der Waals surface area contributed by atoms with Gasteiger partial charge in [-0.15, -0.1) is 0 Å². The summed E-state index contributed by atoms with van der Waals surface area (Å²) in [5, 5.41) is 0. The molecule has 0 saturated heterocycles. The van der Waals surface area contributed by atoms with Crippen LogP contribution in [0.25, 0.3) is 0 Å². The summed E-state index contributed by atoms with van der Waals surface area (Å²) in [6.07, 6.45) is 3.84. The molecule has 4 heteroatoms. The summed E-state index contributed by atoms with van der Waals surface area (Å²) in [6, 6.07) is 9.73. The lowest BCUT2D eigenvalue weighted by atomic mass is 9.79. The summed E-state index contributed by atoms with van der Waals surface area (Å²) in [5.41, 5.74) is 3.79. The average Bonchev–Trinajstić information content (AvgIpc) is 2.57. The normalized spacial score (nSPS) is 19.0. The van der Waals surface area contributed by atoms with Crippen LogP contribution in [0.1, 0.15) is 57.6 Å². The molecule has 0 spiro atoms. The van der Waals surface area contributed by atoms with Crippen molar-refractivity contribution in [2.75, 3.05) is 11.4 Å². The number of fused-ring (bicyclic) bond motifs is 1. The molecule has 0 N–H and O–H groups in total. The van der Waals surface area contributed by atoms with Crippen molar-refractivity contribution >= 4 is 17.6 Å². The maximum atomic E-state index is 13.7. The Morgan fingerprint density at radius 1 is 1.19 bits per heavy atom. The average molecular weight is 356 g/mol. The van der Waals surface area contributed by atoms with Crippen LogP contribution in [0.15, 0.2) is 41.4 Å². The Hall–Kier alpha value is -2.23. The van der Waals surface area contributed by atoms with Crippen LogP contribution in [-0.4, -0.2) is 18.3 Å². The van der Waals surface area contributed by atoms with E-state index >= 15 is 0 Å². The summed E-state index contributed by atoms with van der Waals surface area (Å²) < 4.78 is 26.8. The Morgan fingerprint density at radius 3 is 2.65 bits per heavy atom. The third-order valence-electron chi connectivity index (χ3n) is 5.12. The van der Waals surface area contributed by atoms with Gasteiger partial charge in [-0.25, -0.2) is 8.78 Å². The largest absolute Gasteiger partial charge is 0.366 e. The molecular weight excluding hydrogens is 330 g/mol. The number of hydrogen-bond donors (Lipinski definition) is 0. The molecule has 3 rings (SSSR count). The lowest BCUT2D eigenvalue weighted by Crippen LogP contribution is -2.48. The maximum absolute atomic E-state index is 13.7. The highest BCUT2D eigenvalue weighted by molar-refractivity contribution is 5.83. The van der Waals surface area contributed by atoms with Gasteiger partial charge in [0.25, 0.3) is 0 Å². The first kappa shape index (κ1) is 18.6. The number of benzene rings is 2.